The molecule has 0 aromatic heterocycles. The monoisotopic (exact) mass is 251 g/mol. The van der Waals surface area contributed by atoms with Gasteiger partial charge < -0.3 is 11.5 Å². The summed E-state index contributed by atoms with van der Waals surface area (Å²) >= 11 is 0. The van der Waals surface area contributed by atoms with Crippen molar-refractivity contribution in [1.82, 2.24) is 4.90 Å². The van der Waals surface area contributed by atoms with E-state index in [0.29, 0.717) is 13.1 Å². The summed E-state index contributed by atoms with van der Waals surface area (Å²) in [5.74, 6) is -0.613. The van der Waals surface area contributed by atoms with Gasteiger partial charge >= 0.3 is 0 Å². The first kappa shape index (κ1) is 13.0. The second-order valence-corrected chi connectivity index (χ2v) is 4.69. The molecule has 4 nitrogen and oxygen atoms in total. The Morgan fingerprint density at radius 3 is 2.61 bits per heavy atom. The zero-order valence-corrected chi connectivity index (χ0v) is 10.2. The van der Waals surface area contributed by atoms with Crippen molar-refractivity contribution in [3.63, 3.8) is 0 Å². The Bertz CT molecular complexity index is 421. The van der Waals surface area contributed by atoms with E-state index in [1.807, 2.05) is 0 Å². The van der Waals surface area contributed by atoms with Crippen LogP contribution in [0.15, 0.2) is 24.3 Å². The van der Waals surface area contributed by atoms with Crippen LogP contribution in [0.2, 0.25) is 0 Å². The highest BCUT2D eigenvalue weighted by molar-refractivity contribution is 5.77. The third-order valence-corrected chi connectivity index (χ3v) is 3.54. The van der Waals surface area contributed by atoms with Crippen LogP contribution in [0.4, 0.5) is 4.39 Å². The van der Waals surface area contributed by atoms with E-state index in [1.54, 1.807) is 12.1 Å². The SMILES string of the molecule is NCC(c1ccc(F)cc1)N1CCC(C(N)=O)C1. The molecule has 1 aliphatic heterocycles. The number of primary amides is 1. The van der Waals surface area contributed by atoms with E-state index in [1.165, 1.54) is 12.1 Å². The number of amides is 1. The molecule has 1 fully saturated rings. The smallest absolute Gasteiger partial charge is 0.221 e. The highest BCUT2D eigenvalue weighted by Gasteiger charge is 2.31. The molecular formula is C13H18FN3O. The summed E-state index contributed by atoms with van der Waals surface area (Å²) in [7, 11) is 0. The van der Waals surface area contributed by atoms with Crippen molar-refractivity contribution in [1.29, 1.82) is 0 Å². The van der Waals surface area contributed by atoms with E-state index in [4.69, 9.17) is 11.5 Å². The lowest BCUT2D eigenvalue weighted by Gasteiger charge is -2.26. The lowest BCUT2D eigenvalue weighted by Crippen LogP contribution is -2.34. The van der Waals surface area contributed by atoms with Gasteiger partial charge in [-0.2, -0.15) is 0 Å². The number of rotatable bonds is 4. The maximum Gasteiger partial charge on any atom is 0.221 e. The molecule has 2 atom stereocenters. The summed E-state index contributed by atoms with van der Waals surface area (Å²) in [6.07, 6.45) is 0.771. The predicted molar refractivity (Wildman–Crippen MR) is 67.1 cm³/mol. The van der Waals surface area contributed by atoms with Gasteiger partial charge in [-0.15, -0.1) is 0 Å². The third-order valence-electron chi connectivity index (χ3n) is 3.54. The Kier molecular flexibility index (Phi) is 3.93. The lowest BCUT2D eigenvalue weighted by molar-refractivity contribution is -0.121. The molecule has 4 N–H and O–H groups in total. The van der Waals surface area contributed by atoms with Gasteiger partial charge in [-0.05, 0) is 30.7 Å². The average Bonchev–Trinajstić information content (AvgIpc) is 2.82. The van der Waals surface area contributed by atoms with Crippen molar-refractivity contribution in [2.75, 3.05) is 19.6 Å². The Labute approximate surface area is 106 Å². The summed E-state index contributed by atoms with van der Waals surface area (Å²) in [6.45, 7) is 1.87. The molecule has 98 valence electrons. The van der Waals surface area contributed by atoms with Crippen LogP contribution < -0.4 is 11.5 Å². The molecule has 0 bridgehead atoms. The van der Waals surface area contributed by atoms with Crippen molar-refractivity contribution in [3.8, 4) is 0 Å². The van der Waals surface area contributed by atoms with Crippen LogP contribution in [0.3, 0.4) is 0 Å². The van der Waals surface area contributed by atoms with E-state index in [-0.39, 0.29) is 23.7 Å². The molecular weight excluding hydrogens is 233 g/mol. The Morgan fingerprint density at radius 1 is 1.44 bits per heavy atom. The van der Waals surface area contributed by atoms with Crippen LogP contribution in [-0.2, 0) is 4.79 Å². The summed E-state index contributed by atoms with van der Waals surface area (Å²) in [4.78, 5) is 13.3. The molecule has 1 aromatic carbocycles. The van der Waals surface area contributed by atoms with Crippen LogP contribution in [-0.4, -0.2) is 30.4 Å². The molecule has 2 unspecified atom stereocenters. The van der Waals surface area contributed by atoms with Crippen LogP contribution in [0.5, 0.6) is 0 Å². The van der Waals surface area contributed by atoms with E-state index in [0.717, 1.165) is 18.5 Å². The van der Waals surface area contributed by atoms with Crippen LogP contribution in [0.1, 0.15) is 18.0 Å². The first-order valence-corrected chi connectivity index (χ1v) is 6.10. The van der Waals surface area contributed by atoms with E-state index >= 15 is 0 Å². The molecule has 0 spiro atoms. The van der Waals surface area contributed by atoms with E-state index < -0.39 is 0 Å². The Balaban J connectivity index is 2.10. The van der Waals surface area contributed by atoms with Crippen molar-refractivity contribution in [3.05, 3.63) is 35.6 Å². The van der Waals surface area contributed by atoms with E-state index in [9.17, 15) is 9.18 Å². The van der Waals surface area contributed by atoms with Gasteiger partial charge in [0.1, 0.15) is 5.82 Å². The molecule has 1 aliphatic rings. The second-order valence-electron chi connectivity index (χ2n) is 4.69. The van der Waals surface area contributed by atoms with E-state index in [2.05, 4.69) is 4.90 Å². The van der Waals surface area contributed by atoms with Crippen molar-refractivity contribution in [2.24, 2.45) is 17.4 Å². The Hall–Kier alpha value is -1.46. The molecule has 1 amide bonds. The van der Waals surface area contributed by atoms with Crippen molar-refractivity contribution >= 4 is 5.91 Å². The molecule has 0 radical (unpaired) electrons. The molecule has 1 heterocycles. The quantitative estimate of drug-likeness (QED) is 0.824. The first-order chi connectivity index (χ1) is 8.61. The molecule has 1 saturated heterocycles. The predicted octanol–water partition coefficient (Wildman–Crippen LogP) is 0.633. The fraction of sp³-hybridized carbons (Fsp3) is 0.462. The summed E-state index contributed by atoms with van der Waals surface area (Å²) in [5.41, 5.74) is 12.1. The minimum absolute atomic E-state index is 0.0231. The van der Waals surface area contributed by atoms with Crippen molar-refractivity contribution in [2.45, 2.75) is 12.5 Å². The zero-order chi connectivity index (χ0) is 13.1. The van der Waals surface area contributed by atoms with Crippen LogP contribution in [0.25, 0.3) is 0 Å². The fourth-order valence-corrected chi connectivity index (χ4v) is 2.48. The first-order valence-electron chi connectivity index (χ1n) is 6.10. The molecule has 1 aromatic rings. The number of likely N-dealkylation sites (tertiary alicyclic amines) is 1. The van der Waals surface area contributed by atoms with Gasteiger partial charge in [-0.1, -0.05) is 12.1 Å². The summed E-state index contributed by atoms with van der Waals surface area (Å²) < 4.78 is 12.9. The maximum absolute atomic E-state index is 12.9. The largest absolute Gasteiger partial charge is 0.369 e. The number of benzene rings is 1. The van der Waals surface area contributed by atoms with Gasteiger partial charge in [0.2, 0.25) is 5.91 Å². The minimum atomic E-state index is -0.258. The van der Waals surface area contributed by atoms with Crippen LogP contribution >= 0.6 is 0 Å². The topological polar surface area (TPSA) is 72.3 Å². The number of nitrogens with zero attached hydrogens (tertiary/aromatic N) is 1. The number of nitrogens with two attached hydrogens (primary N) is 2. The fourth-order valence-electron chi connectivity index (χ4n) is 2.48. The average molecular weight is 251 g/mol. The zero-order valence-electron chi connectivity index (χ0n) is 10.2. The van der Waals surface area contributed by atoms with Gasteiger partial charge in [-0.3, -0.25) is 9.69 Å². The second kappa shape index (κ2) is 5.46. The van der Waals surface area contributed by atoms with Gasteiger partial charge in [-0.25, -0.2) is 4.39 Å². The standard InChI is InChI=1S/C13H18FN3O/c14-11-3-1-9(2-4-11)12(7-15)17-6-5-10(8-17)13(16)18/h1-4,10,12H,5-8,15H2,(H2,16,18). The molecule has 0 saturated carbocycles. The van der Waals surface area contributed by atoms with Gasteiger partial charge in [0.05, 0.1) is 5.92 Å². The number of halogens is 1. The number of carbonyl (C=O) groups is 1. The summed E-state index contributed by atoms with van der Waals surface area (Å²) in [5, 5.41) is 0. The Morgan fingerprint density at radius 2 is 2.11 bits per heavy atom. The molecule has 0 aliphatic carbocycles. The minimum Gasteiger partial charge on any atom is -0.369 e. The van der Waals surface area contributed by atoms with Crippen molar-refractivity contribution < 1.29 is 9.18 Å². The molecule has 5 heteroatoms. The summed E-state index contributed by atoms with van der Waals surface area (Å²) in [6, 6.07) is 6.36. The molecule has 18 heavy (non-hydrogen) atoms. The highest BCUT2D eigenvalue weighted by atomic mass is 19.1. The normalized spacial score (nSPS) is 22.0. The third kappa shape index (κ3) is 2.68. The number of hydrogen-bond acceptors (Lipinski definition) is 3. The van der Waals surface area contributed by atoms with Crippen LogP contribution in [0, 0.1) is 11.7 Å². The van der Waals surface area contributed by atoms with Gasteiger partial charge in [0.15, 0.2) is 0 Å². The number of hydrogen-bond donors (Lipinski definition) is 2. The number of carbonyl (C=O) groups excluding carboxylic acids is 1. The molecule has 2 rings (SSSR count). The van der Waals surface area contributed by atoms with Gasteiger partial charge in [0, 0.05) is 19.1 Å². The lowest BCUT2D eigenvalue weighted by atomic mass is 10.1. The highest BCUT2D eigenvalue weighted by Crippen LogP contribution is 2.27. The van der Waals surface area contributed by atoms with Gasteiger partial charge in [0.25, 0.3) is 0 Å². The maximum atomic E-state index is 12.9.